The van der Waals surface area contributed by atoms with Crippen molar-refractivity contribution in [3.63, 3.8) is 0 Å². The van der Waals surface area contributed by atoms with Gasteiger partial charge in [0.15, 0.2) is 0 Å². The average molecular weight is 285 g/mol. The highest BCUT2D eigenvalue weighted by atomic mass is 19.4. The zero-order valence-corrected chi connectivity index (χ0v) is 10.0. The maximum absolute atomic E-state index is 12.4. The Kier molecular flexibility index (Phi) is 3.64. The van der Waals surface area contributed by atoms with Crippen molar-refractivity contribution in [2.45, 2.75) is 12.7 Å². The van der Waals surface area contributed by atoms with E-state index in [0.29, 0.717) is 17.1 Å². The van der Waals surface area contributed by atoms with Gasteiger partial charge in [-0.3, -0.25) is 0 Å². The first kappa shape index (κ1) is 13.9. The molecule has 0 bridgehead atoms. The number of carboxylic acid groups (broad SMARTS) is 1. The Morgan fingerprint density at radius 3 is 2.50 bits per heavy atom. The number of hydrogen-bond acceptors (Lipinski definition) is 2. The molecule has 106 valence electrons. The molecule has 0 radical (unpaired) electrons. The van der Waals surface area contributed by atoms with E-state index in [4.69, 9.17) is 5.11 Å². The summed E-state index contributed by atoms with van der Waals surface area (Å²) < 4.78 is 37.3. The second-order valence-corrected chi connectivity index (χ2v) is 3.98. The number of aromatic amines is 1. The van der Waals surface area contributed by atoms with Gasteiger partial charge in [0.2, 0.25) is 0 Å². The number of alkyl halides is 3. The number of benzene rings is 1. The van der Waals surface area contributed by atoms with Gasteiger partial charge in [0.25, 0.3) is 0 Å². The van der Waals surface area contributed by atoms with Crippen LogP contribution >= 0.6 is 0 Å². The molecule has 0 saturated heterocycles. The molecule has 1 aromatic heterocycles. The first-order valence-corrected chi connectivity index (χ1v) is 5.54. The van der Waals surface area contributed by atoms with Gasteiger partial charge in [-0.1, -0.05) is 12.1 Å². The van der Waals surface area contributed by atoms with Crippen molar-refractivity contribution in [1.29, 1.82) is 0 Å². The number of amides is 1. The highest BCUT2D eigenvalue weighted by Crippen LogP contribution is 2.30. The minimum atomic E-state index is -4.37. The lowest BCUT2D eigenvalue weighted by molar-refractivity contribution is -0.137. The van der Waals surface area contributed by atoms with Crippen molar-refractivity contribution < 1.29 is 23.1 Å². The average Bonchev–Trinajstić information content (AvgIpc) is 2.84. The minimum Gasteiger partial charge on any atom is -0.465 e. The number of carbonyl (C=O) groups is 1. The summed E-state index contributed by atoms with van der Waals surface area (Å²) in [5, 5.41) is 10.6. The molecule has 8 heteroatoms. The van der Waals surface area contributed by atoms with E-state index in [2.05, 4.69) is 15.3 Å². The fourth-order valence-electron chi connectivity index (χ4n) is 1.60. The van der Waals surface area contributed by atoms with Gasteiger partial charge in [0, 0.05) is 0 Å². The van der Waals surface area contributed by atoms with Gasteiger partial charge in [-0.15, -0.1) is 0 Å². The van der Waals surface area contributed by atoms with Crippen molar-refractivity contribution in [2.24, 2.45) is 0 Å². The second kappa shape index (κ2) is 5.24. The van der Waals surface area contributed by atoms with E-state index < -0.39 is 17.8 Å². The molecule has 1 aromatic carbocycles. The third-order valence-electron chi connectivity index (χ3n) is 2.56. The van der Waals surface area contributed by atoms with Crippen LogP contribution in [0.25, 0.3) is 11.3 Å². The summed E-state index contributed by atoms with van der Waals surface area (Å²) in [5.74, 6) is 0.377. The highest BCUT2D eigenvalue weighted by molar-refractivity contribution is 5.64. The Morgan fingerprint density at radius 2 is 1.95 bits per heavy atom. The van der Waals surface area contributed by atoms with Crippen molar-refractivity contribution in [3.8, 4) is 11.3 Å². The number of halogens is 3. The first-order valence-electron chi connectivity index (χ1n) is 5.54. The van der Waals surface area contributed by atoms with Crippen molar-refractivity contribution in [2.75, 3.05) is 0 Å². The number of aromatic nitrogens is 2. The fourth-order valence-corrected chi connectivity index (χ4v) is 1.60. The standard InChI is InChI=1S/C12H10F3N3O2/c13-12(14,15)8-3-1-7(2-4-8)9-5-16-10(18-9)6-17-11(19)20/h1-5,17H,6H2,(H,16,18)(H,19,20). The molecule has 0 unspecified atom stereocenters. The molecule has 2 aromatic rings. The molecule has 0 aliphatic heterocycles. The van der Waals surface area contributed by atoms with E-state index in [-0.39, 0.29) is 6.54 Å². The number of imidazole rings is 1. The Morgan fingerprint density at radius 1 is 1.30 bits per heavy atom. The van der Waals surface area contributed by atoms with Gasteiger partial charge in [-0.05, 0) is 17.7 Å². The monoisotopic (exact) mass is 285 g/mol. The quantitative estimate of drug-likeness (QED) is 0.811. The van der Waals surface area contributed by atoms with Gasteiger partial charge in [0.1, 0.15) is 5.82 Å². The maximum Gasteiger partial charge on any atom is 0.416 e. The summed E-state index contributed by atoms with van der Waals surface area (Å²) in [4.78, 5) is 17.1. The molecule has 0 spiro atoms. The van der Waals surface area contributed by atoms with Gasteiger partial charge >= 0.3 is 12.3 Å². The summed E-state index contributed by atoms with van der Waals surface area (Å²) in [6, 6.07) is 4.60. The van der Waals surface area contributed by atoms with E-state index in [9.17, 15) is 18.0 Å². The smallest absolute Gasteiger partial charge is 0.416 e. The molecular weight excluding hydrogens is 275 g/mol. The zero-order valence-electron chi connectivity index (χ0n) is 10.0. The van der Waals surface area contributed by atoms with Crippen LogP contribution in [-0.2, 0) is 12.7 Å². The third-order valence-corrected chi connectivity index (χ3v) is 2.56. The largest absolute Gasteiger partial charge is 0.465 e. The molecule has 0 aliphatic rings. The molecule has 5 nitrogen and oxygen atoms in total. The van der Waals surface area contributed by atoms with Crippen LogP contribution in [0.1, 0.15) is 11.4 Å². The van der Waals surface area contributed by atoms with Crippen LogP contribution in [0.3, 0.4) is 0 Å². The Hall–Kier alpha value is -2.51. The lowest BCUT2D eigenvalue weighted by atomic mass is 10.1. The molecule has 0 fully saturated rings. The SMILES string of the molecule is O=C(O)NCc1ncc(-c2ccc(C(F)(F)F)cc2)[nH]1. The number of nitrogens with one attached hydrogen (secondary N) is 2. The molecule has 3 N–H and O–H groups in total. The molecule has 2 rings (SSSR count). The Labute approximate surface area is 111 Å². The lowest BCUT2D eigenvalue weighted by Gasteiger charge is -2.06. The Balaban J connectivity index is 2.14. The summed E-state index contributed by atoms with van der Waals surface area (Å²) in [6.07, 6.45) is -4.12. The summed E-state index contributed by atoms with van der Waals surface area (Å²) >= 11 is 0. The van der Waals surface area contributed by atoms with Crippen molar-refractivity contribution in [3.05, 3.63) is 41.9 Å². The van der Waals surface area contributed by atoms with Crippen LogP contribution in [0.4, 0.5) is 18.0 Å². The molecule has 1 amide bonds. The van der Waals surface area contributed by atoms with E-state index in [1.54, 1.807) is 0 Å². The zero-order chi connectivity index (χ0) is 14.8. The normalized spacial score (nSPS) is 11.3. The Bertz CT molecular complexity index is 605. The van der Waals surface area contributed by atoms with Crippen LogP contribution in [0.2, 0.25) is 0 Å². The number of H-pyrrole nitrogens is 1. The molecule has 0 atom stereocenters. The van der Waals surface area contributed by atoms with Crippen LogP contribution < -0.4 is 5.32 Å². The topological polar surface area (TPSA) is 78.0 Å². The fraction of sp³-hybridized carbons (Fsp3) is 0.167. The second-order valence-electron chi connectivity index (χ2n) is 3.98. The number of rotatable bonds is 3. The molecular formula is C12H10F3N3O2. The van der Waals surface area contributed by atoms with Crippen LogP contribution in [0.15, 0.2) is 30.5 Å². The van der Waals surface area contributed by atoms with Crippen LogP contribution in [0, 0.1) is 0 Å². The van der Waals surface area contributed by atoms with E-state index in [0.717, 1.165) is 12.1 Å². The predicted octanol–water partition coefficient (Wildman–Crippen LogP) is 2.86. The molecule has 0 aliphatic carbocycles. The van der Waals surface area contributed by atoms with Gasteiger partial charge < -0.3 is 15.4 Å². The highest BCUT2D eigenvalue weighted by Gasteiger charge is 2.29. The van der Waals surface area contributed by atoms with Crippen molar-refractivity contribution >= 4 is 6.09 Å². The van der Waals surface area contributed by atoms with E-state index in [1.807, 2.05) is 0 Å². The third kappa shape index (κ3) is 3.28. The summed E-state index contributed by atoms with van der Waals surface area (Å²) in [6.45, 7) is -0.00400. The van der Waals surface area contributed by atoms with Crippen molar-refractivity contribution in [1.82, 2.24) is 15.3 Å². The van der Waals surface area contributed by atoms with Crippen LogP contribution in [0.5, 0.6) is 0 Å². The minimum absolute atomic E-state index is 0.00400. The lowest BCUT2D eigenvalue weighted by Crippen LogP contribution is -2.20. The predicted molar refractivity (Wildman–Crippen MR) is 63.9 cm³/mol. The van der Waals surface area contributed by atoms with Gasteiger partial charge in [-0.2, -0.15) is 13.2 Å². The molecule has 20 heavy (non-hydrogen) atoms. The molecule has 1 heterocycles. The van der Waals surface area contributed by atoms with Gasteiger partial charge in [0.05, 0.1) is 24.0 Å². The number of hydrogen-bond donors (Lipinski definition) is 3. The van der Waals surface area contributed by atoms with E-state index in [1.165, 1.54) is 18.3 Å². The summed E-state index contributed by atoms with van der Waals surface area (Å²) in [5.41, 5.74) is 0.321. The summed E-state index contributed by atoms with van der Waals surface area (Å²) in [7, 11) is 0. The van der Waals surface area contributed by atoms with E-state index >= 15 is 0 Å². The first-order chi connectivity index (χ1) is 9.36. The van der Waals surface area contributed by atoms with Crippen LogP contribution in [-0.4, -0.2) is 21.2 Å². The maximum atomic E-state index is 12.4. The van der Waals surface area contributed by atoms with Gasteiger partial charge in [-0.25, -0.2) is 9.78 Å². The number of nitrogens with zero attached hydrogens (tertiary/aromatic N) is 1. The molecule has 0 saturated carbocycles.